The molecule has 1 unspecified atom stereocenters. The van der Waals surface area contributed by atoms with E-state index in [1.54, 1.807) is 0 Å². The highest BCUT2D eigenvalue weighted by molar-refractivity contribution is 5.78. The number of nitrogens with one attached hydrogen (secondary N) is 1. The van der Waals surface area contributed by atoms with Crippen LogP contribution in [-0.4, -0.2) is 48.7 Å². The van der Waals surface area contributed by atoms with Gasteiger partial charge in [-0.15, -0.1) is 0 Å². The summed E-state index contributed by atoms with van der Waals surface area (Å²) in [6, 6.07) is 0. The van der Waals surface area contributed by atoms with Crippen LogP contribution in [0.3, 0.4) is 0 Å². The van der Waals surface area contributed by atoms with Gasteiger partial charge in [-0.2, -0.15) is 0 Å². The first kappa shape index (κ1) is 19.1. The Morgan fingerprint density at radius 3 is 2.83 bits per heavy atom. The van der Waals surface area contributed by atoms with Crippen molar-refractivity contribution in [2.24, 2.45) is 11.0 Å². The van der Waals surface area contributed by atoms with Gasteiger partial charge in [-0.25, -0.2) is 4.79 Å². The van der Waals surface area contributed by atoms with Crippen LogP contribution in [0.5, 0.6) is 0 Å². The minimum Gasteiger partial charge on any atom is -0.444 e. The molecule has 0 spiro atoms. The number of rotatable bonds is 8. The van der Waals surface area contributed by atoms with Crippen molar-refractivity contribution in [1.29, 1.82) is 0 Å². The first-order valence-corrected chi connectivity index (χ1v) is 8.07. The van der Waals surface area contributed by atoms with Crippen LogP contribution < -0.4 is 5.32 Å². The van der Waals surface area contributed by atoms with Gasteiger partial charge in [0.1, 0.15) is 5.60 Å². The first-order valence-electron chi connectivity index (χ1n) is 8.07. The topological polar surface area (TPSA) is 107 Å². The average molecular weight is 325 g/mol. The second-order valence-electron chi connectivity index (χ2n) is 6.81. The summed E-state index contributed by atoms with van der Waals surface area (Å²) in [5, 5.41) is 6.25. The van der Waals surface area contributed by atoms with Crippen molar-refractivity contribution in [1.82, 2.24) is 10.2 Å². The average Bonchev–Trinajstić information content (AvgIpc) is 2.79. The lowest BCUT2D eigenvalue weighted by Gasteiger charge is -2.19. The van der Waals surface area contributed by atoms with Crippen molar-refractivity contribution in [2.45, 2.75) is 52.1 Å². The number of carbonyl (C=O) groups excluding carboxylic acids is 2. The Morgan fingerprint density at radius 2 is 2.17 bits per heavy atom. The molecule has 8 nitrogen and oxygen atoms in total. The monoisotopic (exact) mass is 325 g/mol. The molecule has 1 aliphatic heterocycles. The van der Waals surface area contributed by atoms with Crippen molar-refractivity contribution >= 4 is 12.0 Å². The molecule has 0 radical (unpaired) electrons. The van der Waals surface area contributed by atoms with E-state index < -0.39 is 11.7 Å². The Labute approximate surface area is 137 Å². The molecular weight excluding hydrogens is 298 g/mol. The van der Waals surface area contributed by atoms with E-state index in [2.05, 4.69) is 15.3 Å². The van der Waals surface area contributed by atoms with Crippen LogP contribution in [0.15, 0.2) is 5.11 Å². The van der Waals surface area contributed by atoms with Gasteiger partial charge in [0.05, 0.1) is 0 Å². The second kappa shape index (κ2) is 9.25. The zero-order valence-electron chi connectivity index (χ0n) is 14.2. The Hall–Kier alpha value is -1.95. The molecule has 0 saturated carbocycles. The van der Waals surface area contributed by atoms with Crippen molar-refractivity contribution in [3.63, 3.8) is 0 Å². The van der Waals surface area contributed by atoms with Gasteiger partial charge >= 0.3 is 6.09 Å². The highest BCUT2D eigenvalue weighted by atomic mass is 16.6. The summed E-state index contributed by atoms with van der Waals surface area (Å²) in [6.07, 6.45) is 2.76. The Morgan fingerprint density at radius 1 is 1.43 bits per heavy atom. The number of carbonyl (C=O) groups is 2. The summed E-state index contributed by atoms with van der Waals surface area (Å²) in [7, 11) is 0. The molecule has 0 aliphatic carbocycles. The van der Waals surface area contributed by atoms with Crippen LogP contribution in [-0.2, 0) is 9.53 Å². The Bertz CT molecular complexity index is 455. The van der Waals surface area contributed by atoms with E-state index in [0.29, 0.717) is 26.1 Å². The van der Waals surface area contributed by atoms with Gasteiger partial charge < -0.3 is 15.0 Å². The molecule has 0 aromatic rings. The standard InChI is InChI=1S/C15H27N5O3/c1-15(2,3)23-14(22)17-7-5-4-6-8-20-11-12(9-13(20)21)10-18-19-16/h12H,4-11H2,1-3H3,(H,17,22). The third-order valence-corrected chi connectivity index (χ3v) is 3.47. The van der Waals surface area contributed by atoms with E-state index in [9.17, 15) is 9.59 Å². The van der Waals surface area contributed by atoms with E-state index >= 15 is 0 Å². The van der Waals surface area contributed by atoms with Crippen molar-refractivity contribution in [2.75, 3.05) is 26.2 Å². The highest BCUT2D eigenvalue weighted by Crippen LogP contribution is 2.18. The Balaban J connectivity index is 2.08. The number of ether oxygens (including phenoxy) is 1. The lowest BCUT2D eigenvalue weighted by Crippen LogP contribution is -2.33. The van der Waals surface area contributed by atoms with Gasteiger partial charge in [0.25, 0.3) is 0 Å². The van der Waals surface area contributed by atoms with Crippen molar-refractivity contribution in [3.8, 4) is 0 Å². The summed E-state index contributed by atoms with van der Waals surface area (Å²) in [6.45, 7) is 7.84. The minimum absolute atomic E-state index is 0.134. The predicted octanol–water partition coefficient (Wildman–Crippen LogP) is 2.84. The highest BCUT2D eigenvalue weighted by Gasteiger charge is 2.28. The fraction of sp³-hybridized carbons (Fsp3) is 0.867. The summed E-state index contributed by atoms with van der Waals surface area (Å²) in [5.41, 5.74) is 7.82. The summed E-state index contributed by atoms with van der Waals surface area (Å²) in [5.74, 6) is 0.280. The zero-order valence-corrected chi connectivity index (χ0v) is 14.2. The first-order chi connectivity index (χ1) is 10.8. The summed E-state index contributed by atoms with van der Waals surface area (Å²) in [4.78, 5) is 27.8. The van der Waals surface area contributed by atoms with Gasteiger partial charge in [0, 0.05) is 37.5 Å². The number of unbranched alkanes of at least 4 members (excludes halogenated alkanes) is 2. The maximum atomic E-state index is 11.8. The fourth-order valence-electron chi connectivity index (χ4n) is 2.45. The van der Waals surface area contributed by atoms with Crippen molar-refractivity contribution in [3.05, 3.63) is 10.4 Å². The van der Waals surface area contributed by atoms with Crippen LogP contribution in [0.25, 0.3) is 10.4 Å². The zero-order chi connectivity index (χ0) is 17.3. The normalized spacial score (nSPS) is 17.8. The molecule has 1 heterocycles. The number of likely N-dealkylation sites (tertiary alicyclic amines) is 1. The lowest BCUT2D eigenvalue weighted by molar-refractivity contribution is -0.127. The molecule has 1 fully saturated rings. The second-order valence-corrected chi connectivity index (χ2v) is 6.81. The van der Waals surface area contributed by atoms with Crippen LogP contribution in [0.1, 0.15) is 46.5 Å². The molecule has 2 amide bonds. The van der Waals surface area contributed by atoms with E-state index in [0.717, 1.165) is 25.8 Å². The molecule has 8 heteroatoms. The predicted molar refractivity (Wildman–Crippen MR) is 86.8 cm³/mol. The smallest absolute Gasteiger partial charge is 0.407 e. The number of nitrogens with zero attached hydrogens (tertiary/aromatic N) is 4. The summed E-state index contributed by atoms with van der Waals surface area (Å²) >= 11 is 0. The molecule has 1 aliphatic rings. The van der Waals surface area contributed by atoms with E-state index in [4.69, 9.17) is 10.3 Å². The Kier molecular flexibility index (Phi) is 7.68. The maximum absolute atomic E-state index is 11.8. The number of hydrogen-bond donors (Lipinski definition) is 1. The third-order valence-electron chi connectivity index (χ3n) is 3.47. The van der Waals surface area contributed by atoms with E-state index in [1.165, 1.54) is 0 Å². The molecule has 0 bridgehead atoms. The molecule has 1 N–H and O–H groups in total. The number of hydrogen-bond acceptors (Lipinski definition) is 4. The largest absolute Gasteiger partial charge is 0.444 e. The summed E-state index contributed by atoms with van der Waals surface area (Å²) < 4.78 is 5.15. The molecule has 1 atom stereocenters. The van der Waals surface area contributed by atoms with Gasteiger partial charge in [-0.3, -0.25) is 4.79 Å². The van der Waals surface area contributed by atoms with E-state index in [-0.39, 0.29) is 11.8 Å². The number of amides is 2. The molecule has 23 heavy (non-hydrogen) atoms. The van der Waals surface area contributed by atoms with Crippen LogP contribution in [0, 0.1) is 5.92 Å². The number of alkyl carbamates (subject to hydrolysis) is 1. The SMILES string of the molecule is CC(C)(C)OC(=O)NCCCCCN1CC(CN=[N+]=[N-])CC1=O. The fourth-order valence-corrected chi connectivity index (χ4v) is 2.45. The molecule has 1 saturated heterocycles. The van der Waals surface area contributed by atoms with Gasteiger partial charge in [-0.1, -0.05) is 5.11 Å². The van der Waals surface area contributed by atoms with Crippen LogP contribution in [0.4, 0.5) is 4.79 Å². The van der Waals surface area contributed by atoms with Crippen molar-refractivity contribution < 1.29 is 14.3 Å². The molecule has 0 aromatic carbocycles. The number of azide groups is 1. The molecule has 1 rings (SSSR count). The van der Waals surface area contributed by atoms with Gasteiger partial charge in [-0.05, 0) is 51.5 Å². The van der Waals surface area contributed by atoms with E-state index in [1.807, 2.05) is 25.7 Å². The van der Waals surface area contributed by atoms with Gasteiger partial charge in [0.2, 0.25) is 5.91 Å². The molecule has 0 aromatic heterocycles. The van der Waals surface area contributed by atoms with Gasteiger partial charge in [0.15, 0.2) is 0 Å². The third kappa shape index (κ3) is 8.30. The maximum Gasteiger partial charge on any atom is 0.407 e. The molecule has 130 valence electrons. The van der Waals surface area contributed by atoms with Crippen LogP contribution >= 0.6 is 0 Å². The van der Waals surface area contributed by atoms with Crippen LogP contribution in [0.2, 0.25) is 0 Å². The quantitative estimate of drug-likeness (QED) is 0.321. The lowest BCUT2D eigenvalue weighted by atomic mass is 10.1. The molecular formula is C15H27N5O3. The minimum atomic E-state index is -0.480.